The first kappa shape index (κ1) is 17.8. The fourth-order valence-electron chi connectivity index (χ4n) is 2.69. The van der Waals surface area contributed by atoms with Crippen LogP contribution in [0.15, 0.2) is 62.3 Å². The van der Waals surface area contributed by atoms with Gasteiger partial charge in [0.15, 0.2) is 0 Å². The summed E-state index contributed by atoms with van der Waals surface area (Å²) < 4.78 is 19.8. The normalized spacial score (nSPS) is 11.3. The first-order chi connectivity index (χ1) is 14.2. The van der Waals surface area contributed by atoms with Crippen molar-refractivity contribution >= 4 is 28.6 Å². The first-order valence-corrected chi connectivity index (χ1v) is 10.3. The van der Waals surface area contributed by atoms with Gasteiger partial charge in [0.25, 0.3) is 5.56 Å². The third kappa shape index (κ3) is 3.45. The van der Waals surface area contributed by atoms with Gasteiger partial charge in [0.1, 0.15) is 17.0 Å². The van der Waals surface area contributed by atoms with Gasteiger partial charge in [0.2, 0.25) is 16.9 Å². The van der Waals surface area contributed by atoms with Crippen molar-refractivity contribution in [1.29, 1.82) is 0 Å². The predicted octanol–water partition coefficient (Wildman–Crippen LogP) is 3.63. The van der Waals surface area contributed by atoms with Crippen molar-refractivity contribution in [3.63, 3.8) is 0 Å². The van der Waals surface area contributed by atoms with Gasteiger partial charge in [-0.15, -0.1) is 16.4 Å². The Morgan fingerprint density at radius 1 is 1.24 bits per heavy atom. The molecule has 1 aromatic carbocycles. The molecule has 5 aromatic rings. The smallest absolute Gasteiger partial charge is 0.290 e. The Morgan fingerprint density at radius 2 is 2.10 bits per heavy atom. The number of halogens is 1. The van der Waals surface area contributed by atoms with Crippen molar-refractivity contribution in [2.45, 2.75) is 10.9 Å². The van der Waals surface area contributed by atoms with Gasteiger partial charge in [-0.2, -0.15) is 10.1 Å². The fourth-order valence-corrected chi connectivity index (χ4v) is 4.11. The van der Waals surface area contributed by atoms with Crippen LogP contribution >= 0.6 is 23.1 Å². The van der Waals surface area contributed by atoms with E-state index in [2.05, 4.69) is 25.4 Å². The van der Waals surface area contributed by atoms with Crippen LogP contribution in [0.1, 0.15) is 5.89 Å². The summed E-state index contributed by atoms with van der Waals surface area (Å²) >= 11 is 2.84. The van der Waals surface area contributed by atoms with E-state index in [0.29, 0.717) is 39.4 Å². The second kappa shape index (κ2) is 7.26. The number of thioether (sulfide) groups is 1. The van der Waals surface area contributed by atoms with Crippen molar-refractivity contribution in [3.8, 4) is 22.0 Å². The molecular weight excluding hydrogens is 415 g/mol. The molecule has 0 aliphatic heterocycles. The van der Waals surface area contributed by atoms with Crippen LogP contribution in [0.25, 0.3) is 27.5 Å². The van der Waals surface area contributed by atoms with Crippen molar-refractivity contribution in [1.82, 2.24) is 30.0 Å². The Kier molecular flexibility index (Phi) is 4.45. The molecule has 0 unspecified atom stereocenters. The quantitative estimate of drug-likeness (QED) is 0.428. The summed E-state index contributed by atoms with van der Waals surface area (Å²) in [7, 11) is 0. The number of nitrogens with zero attached hydrogens (tertiary/aromatic N) is 5. The third-order valence-electron chi connectivity index (χ3n) is 4.05. The van der Waals surface area contributed by atoms with Crippen LogP contribution in [0.4, 0.5) is 4.39 Å². The van der Waals surface area contributed by atoms with Crippen molar-refractivity contribution < 1.29 is 8.91 Å². The minimum absolute atomic E-state index is 0.318. The minimum atomic E-state index is -0.331. The molecule has 4 aromatic heterocycles. The van der Waals surface area contributed by atoms with Gasteiger partial charge in [-0.25, -0.2) is 14.0 Å². The standard InChI is InChI=1S/C18H11FN6O2S2/c19-11-5-3-10(4-6-11)16-20-15(27-24-16)9-29-18-22-21-17(26)13-8-12(23-25(13)18)14-2-1-7-28-14/h1-8H,9H2,(H,21,26). The average Bonchev–Trinajstić information content (AvgIpc) is 3.48. The van der Waals surface area contributed by atoms with Crippen LogP contribution in [0.2, 0.25) is 0 Å². The van der Waals surface area contributed by atoms with Gasteiger partial charge in [-0.3, -0.25) is 4.79 Å². The maximum absolute atomic E-state index is 13.1. The molecule has 0 spiro atoms. The summed E-state index contributed by atoms with van der Waals surface area (Å²) in [5, 5.41) is 17.4. The Morgan fingerprint density at radius 3 is 2.90 bits per heavy atom. The zero-order valence-electron chi connectivity index (χ0n) is 14.6. The molecule has 0 saturated heterocycles. The number of nitrogens with one attached hydrogen (secondary N) is 1. The molecule has 5 rings (SSSR count). The lowest BCUT2D eigenvalue weighted by molar-refractivity contribution is 0.391. The zero-order valence-corrected chi connectivity index (χ0v) is 16.2. The van der Waals surface area contributed by atoms with Gasteiger partial charge >= 0.3 is 0 Å². The molecule has 29 heavy (non-hydrogen) atoms. The highest BCUT2D eigenvalue weighted by atomic mass is 32.2. The van der Waals surface area contributed by atoms with E-state index in [4.69, 9.17) is 4.52 Å². The summed E-state index contributed by atoms with van der Waals surface area (Å²) in [5.74, 6) is 0.749. The van der Waals surface area contributed by atoms with Crippen molar-refractivity contribution in [2.75, 3.05) is 0 Å². The van der Waals surface area contributed by atoms with E-state index in [1.165, 1.54) is 28.4 Å². The van der Waals surface area contributed by atoms with E-state index in [1.807, 2.05) is 17.5 Å². The molecule has 0 aliphatic carbocycles. The van der Waals surface area contributed by atoms with Crippen molar-refractivity contribution in [3.05, 3.63) is 69.9 Å². The Bertz CT molecular complexity index is 1340. The highest BCUT2D eigenvalue weighted by Crippen LogP contribution is 2.26. The number of aromatic amines is 1. The molecule has 0 fully saturated rings. The van der Waals surface area contributed by atoms with E-state index >= 15 is 0 Å². The SMILES string of the molecule is O=c1[nH]nc(SCc2nc(-c3ccc(F)cc3)no2)n2nc(-c3cccs3)cc12. The molecule has 0 amide bonds. The Hall–Kier alpha value is -3.31. The second-order valence-corrected chi connectivity index (χ2v) is 7.84. The van der Waals surface area contributed by atoms with E-state index in [0.717, 1.165) is 4.88 Å². The Labute approximate surface area is 170 Å². The van der Waals surface area contributed by atoms with Crippen LogP contribution in [-0.2, 0) is 5.75 Å². The van der Waals surface area contributed by atoms with E-state index in [1.54, 1.807) is 29.5 Å². The van der Waals surface area contributed by atoms with Gasteiger partial charge in [0.05, 0.1) is 10.6 Å². The summed E-state index contributed by atoms with van der Waals surface area (Å²) in [6.45, 7) is 0. The monoisotopic (exact) mass is 426 g/mol. The summed E-state index contributed by atoms with van der Waals surface area (Å²) in [5.41, 5.74) is 1.45. The third-order valence-corrected chi connectivity index (χ3v) is 5.85. The molecular formula is C18H11FN6O2S2. The Balaban J connectivity index is 1.40. The number of thiophene rings is 1. The summed E-state index contributed by atoms with van der Waals surface area (Å²) in [6, 6.07) is 11.4. The molecule has 0 radical (unpaired) electrons. The summed E-state index contributed by atoms with van der Waals surface area (Å²) in [4.78, 5) is 17.4. The number of rotatable bonds is 5. The molecule has 11 heteroatoms. The number of hydrogen-bond acceptors (Lipinski definition) is 8. The zero-order chi connectivity index (χ0) is 19.8. The molecule has 0 aliphatic rings. The molecule has 0 saturated carbocycles. The second-order valence-electron chi connectivity index (χ2n) is 5.95. The van der Waals surface area contributed by atoms with Gasteiger partial charge in [0, 0.05) is 5.56 Å². The lowest BCUT2D eigenvalue weighted by Crippen LogP contribution is -2.13. The lowest BCUT2D eigenvalue weighted by atomic mass is 10.2. The fraction of sp³-hybridized carbons (Fsp3) is 0.0556. The van der Waals surface area contributed by atoms with Crippen LogP contribution < -0.4 is 5.56 Å². The molecule has 0 atom stereocenters. The number of hydrogen-bond donors (Lipinski definition) is 1. The highest BCUT2D eigenvalue weighted by molar-refractivity contribution is 7.98. The topological polar surface area (TPSA) is 102 Å². The van der Waals surface area contributed by atoms with Gasteiger partial charge in [-0.1, -0.05) is 23.0 Å². The first-order valence-electron chi connectivity index (χ1n) is 8.41. The summed E-state index contributed by atoms with van der Waals surface area (Å²) in [6.07, 6.45) is 0. The number of benzene rings is 1. The average molecular weight is 426 g/mol. The number of aromatic nitrogens is 6. The van der Waals surface area contributed by atoms with Crippen molar-refractivity contribution in [2.24, 2.45) is 0 Å². The highest BCUT2D eigenvalue weighted by Gasteiger charge is 2.15. The van der Waals surface area contributed by atoms with Gasteiger partial charge < -0.3 is 4.52 Å². The molecule has 1 N–H and O–H groups in total. The number of fused-ring (bicyclic) bond motifs is 1. The van der Waals surface area contributed by atoms with Crippen LogP contribution in [-0.4, -0.2) is 30.0 Å². The maximum atomic E-state index is 13.1. The predicted molar refractivity (Wildman–Crippen MR) is 106 cm³/mol. The van der Waals surface area contributed by atoms with E-state index in [9.17, 15) is 9.18 Å². The van der Waals surface area contributed by atoms with Crippen LogP contribution in [0.3, 0.4) is 0 Å². The lowest BCUT2D eigenvalue weighted by Gasteiger charge is -2.00. The number of H-pyrrole nitrogens is 1. The van der Waals surface area contributed by atoms with Crippen LogP contribution in [0, 0.1) is 5.82 Å². The largest absolute Gasteiger partial charge is 0.338 e. The van der Waals surface area contributed by atoms with Gasteiger partial charge in [-0.05, 0) is 41.8 Å². The maximum Gasteiger partial charge on any atom is 0.290 e. The molecule has 144 valence electrons. The molecule has 4 heterocycles. The van der Waals surface area contributed by atoms with E-state index < -0.39 is 0 Å². The molecule has 8 nitrogen and oxygen atoms in total. The minimum Gasteiger partial charge on any atom is -0.338 e. The molecule has 0 bridgehead atoms. The van der Waals surface area contributed by atoms with E-state index in [-0.39, 0.29) is 11.4 Å². The van der Waals surface area contributed by atoms with Crippen LogP contribution in [0.5, 0.6) is 0 Å².